The van der Waals surface area contributed by atoms with Crippen molar-refractivity contribution in [2.24, 2.45) is 0 Å². The van der Waals surface area contributed by atoms with E-state index in [9.17, 15) is 4.79 Å². The summed E-state index contributed by atoms with van der Waals surface area (Å²) < 4.78 is 1.85. The highest BCUT2D eigenvalue weighted by atomic mass is 16.1. The van der Waals surface area contributed by atoms with E-state index in [0.717, 1.165) is 56.9 Å². The molecule has 1 N–H and O–H groups in total. The van der Waals surface area contributed by atoms with Gasteiger partial charge in [-0.1, -0.05) is 36.4 Å². The molecular formula is C25H31N5O. The van der Waals surface area contributed by atoms with E-state index < -0.39 is 0 Å². The standard InChI is InChI=1S/C25H31N5O/c31-25(13-12-22-20-27-30(21-22)24-10-5-2-6-11-24)26-14-7-15-28-16-18-29(19-17-28)23-8-3-1-4-9-23/h1-6,8-11,20-21H,7,12-19H2,(H,26,31). The van der Waals surface area contributed by atoms with Gasteiger partial charge >= 0.3 is 0 Å². The van der Waals surface area contributed by atoms with Gasteiger partial charge in [-0.05, 0) is 49.2 Å². The van der Waals surface area contributed by atoms with Gasteiger partial charge in [-0.3, -0.25) is 9.69 Å². The molecule has 1 aromatic heterocycles. The van der Waals surface area contributed by atoms with E-state index in [4.69, 9.17) is 0 Å². The van der Waals surface area contributed by atoms with E-state index in [0.29, 0.717) is 12.8 Å². The Kier molecular flexibility index (Phi) is 7.34. The third-order valence-corrected chi connectivity index (χ3v) is 5.76. The Morgan fingerprint density at radius 1 is 0.903 bits per heavy atom. The second-order valence-electron chi connectivity index (χ2n) is 8.00. The third kappa shape index (κ3) is 6.18. The smallest absolute Gasteiger partial charge is 0.220 e. The summed E-state index contributed by atoms with van der Waals surface area (Å²) in [4.78, 5) is 17.1. The molecule has 1 amide bonds. The molecule has 1 aliphatic rings. The Morgan fingerprint density at radius 3 is 2.29 bits per heavy atom. The lowest BCUT2D eigenvalue weighted by atomic mass is 10.2. The Morgan fingerprint density at radius 2 is 1.58 bits per heavy atom. The number of benzene rings is 2. The number of para-hydroxylation sites is 2. The molecular weight excluding hydrogens is 386 g/mol. The number of carbonyl (C=O) groups excluding carboxylic acids is 1. The first-order valence-corrected chi connectivity index (χ1v) is 11.2. The number of nitrogens with zero attached hydrogens (tertiary/aromatic N) is 4. The molecule has 6 nitrogen and oxygen atoms in total. The maximum Gasteiger partial charge on any atom is 0.220 e. The Balaban J connectivity index is 1.09. The number of aromatic nitrogens is 2. The van der Waals surface area contributed by atoms with Crippen molar-refractivity contribution in [3.8, 4) is 5.69 Å². The number of nitrogens with one attached hydrogen (secondary N) is 1. The fourth-order valence-electron chi connectivity index (χ4n) is 3.96. The van der Waals surface area contributed by atoms with E-state index in [1.165, 1.54) is 5.69 Å². The molecule has 0 atom stereocenters. The molecule has 0 bridgehead atoms. The van der Waals surface area contributed by atoms with Crippen LogP contribution < -0.4 is 10.2 Å². The summed E-state index contributed by atoms with van der Waals surface area (Å²) >= 11 is 0. The number of aryl methyl sites for hydroxylation is 1. The molecule has 6 heteroatoms. The topological polar surface area (TPSA) is 53.4 Å². The second kappa shape index (κ2) is 10.8. The van der Waals surface area contributed by atoms with Crippen molar-refractivity contribution < 1.29 is 4.79 Å². The van der Waals surface area contributed by atoms with Crippen molar-refractivity contribution in [2.75, 3.05) is 44.2 Å². The highest BCUT2D eigenvalue weighted by molar-refractivity contribution is 5.76. The van der Waals surface area contributed by atoms with Gasteiger partial charge in [-0.2, -0.15) is 5.10 Å². The molecule has 0 saturated carbocycles. The number of hydrogen-bond donors (Lipinski definition) is 1. The summed E-state index contributed by atoms with van der Waals surface area (Å²) in [5.74, 6) is 0.112. The summed E-state index contributed by atoms with van der Waals surface area (Å²) in [6, 6.07) is 20.6. The van der Waals surface area contributed by atoms with Crippen LogP contribution in [-0.4, -0.2) is 59.9 Å². The zero-order valence-electron chi connectivity index (χ0n) is 18.0. The summed E-state index contributed by atoms with van der Waals surface area (Å²) in [7, 11) is 0. The molecule has 4 rings (SSSR count). The number of anilines is 1. The van der Waals surface area contributed by atoms with Crippen molar-refractivity contribution in [3.63, 3.8) is 0 Å². The molecule has 0 radical (unpaired) electrons. The monoisotopic (exact) mass is 417 g/mol. The van der Waals surface area contributed by atoms with Crippen LogP contribution in [0.1, 0.15) is 18.4 Å². The normalized spacial score (nSPS) is 14.5. The predicted octanol–water partition coefficient (Wildman–Crippen LogP) is 3.13. The van der Waals surface area contributed by atoms with E-state index in [1.807, 2.05) is 47.4 Å². The molecule has 0 aliphatic carbocycles. The quantitative estimate of drug-likeness (QED) is 0.544. The van der Waals surface area contributed by atoms with Crippen molar-refractivity contribution >= 4 is 11.6 Å². The molecule has 1 saturated heterocycles. The average Bonchev–Trinajstić information content (AvgIpc) is 3.31. The maximum atomic E-state index is 12.2. The lowest BCUT2D eigenvalue weighted by Gasteiger charge is -2.36. The fourth-order valence-corrected chi connectivity index (χ4v) is 3.96. The van der Waals surface area contributed by atoms with Gasteiger partial charge in [-0.25, -0.2) is 4.68 Å². The van der Waals surface area contributed by atoms with Crippen LogP contribution in [0.5, 0.6) is 0 Å². The highest BCUT2D eigenvalue weighted by Gasteiger charge is 2.16. The van der Waals surface area contributed by atoms with Crippen LogP contribution in [0.2, 0.25) is 0 Å². The summed E-state index contributed by atoms with van der Waals surface area (Å²) in [6.45, 7) is 6.05. The fraction of sp³-hybridized carbons (Fsp3) is 0.360. The van der Waals surface area contributed by atoms with Gasteiger partial charge in [0.2, 0.25) is 5.91 Å². The molecule has 162 valence electrons. The van der Waals surface area contributed by atoms with Crippen LogP contribution in [0.3, 0.4) is 0 Å². The Bertz CT molecular complexity index is 933. The first kappa shape index (κ1) is 21.1. The van der Waals surface area contributed by atoms with Gasteiger partial charge in [0.15, 0.2) is 0 Å². The lowest BCUT2D eigenvalue weighted by molar-refractivity contribution is -0.121. The summed E-state index contributed by atoms with van der Waals surface area (Å²) in [5.41, 5.74) is 3.42. The largest absolute Gasteiger partial charge is 0.369 e. The molecule has 2 heterocycles. The SMILES string of the molecule is O=C(CCc1cnn(-c2ccccc2)c1)NCCCN1CCN(c2ccccc2)CC1. The van der Waals surface area contributed by atoms with Crippen molar-refractivity contribution in [3.05, 3.63) is 78.6 Å². The summed E-state index contributed by atoms with van der Waals surface area (Å²) in [5, 5.41) is 7.45. The minimum atomic E-state index is 0.112. The van der Waals surface area contributed by atoms with E-state index in [1.54, 1.807) is 0 Å². The van der Waals surface area contributed by atoms with E-state index >= 15 is 0 Å². The molecule has 1 aliphatic heterocycles. The number of rotatable bonds is 9. The summed E-state index contributed by atoms with van der Waals surface area (Å²) in [6.07, 6.45) is 6.03. The number of piperazine rings is 1. The van der Waals surface area contributed by atoms with Gasteiger partial charge in [0.1, 0.15) is 0 Å². The Labute approximate surface area is 184 Å². The van der Waals surface area contributed by atoms with Crippen LogP contribution >= 0.6 is 0 Å². The van der Waals surface area contributed by atoms with Gasteiger partial charge in [-0.15, -0.1) is 0 Å². The molecule has 0 spiro atoms. The third-order valence-electron chi connectivity index (χ3n) is 5.76. The first-order valence-electron chi connectivity index (χ1n) is 11.2. The lowest BCUT2D eigenvalue weighted by Crippen LogP contribution is -2.47. The minimum Gasteiger partial charge on any atom is -0.369 e. The van der Waals surface area contributed by atoms with E-state index in [-0.39, 0.29) is 5.91 Å². The van der Waals surface area contributed by atoms with Gasteiger partial charge < -0.3 is 10.2 Å². The molecule has 3 aromatic rings. The van der Waals surface area contributed by atoms with E-state index in [2.05, 4.69) is 50.5 Å². The van der Waals surface area contributed by atoms with Crippen LogP contribution in [0.15, 0.2) is 73.1 Å². The van der Waals surface area contributed by atoms with Crippen LogP contribution in [-0.2, 0) is 11.2 Å². The van der Waals surface area contributed by atoms with Crippen LogP contribution in [0, 0.1) is 0 Å². The first-order chi connectivity index (χ1) is 15.3. The van der Waals surface area contributed by atoms with Crippen LogP contribution in [0.4, 0.5) is 5.69 Å². The van der Waals surface area contributed by atoms with Gasteiger partial charge in [0.05, 0.1) is 11.9 Å². The molecule has 1 fully saturated rings. The van der Waals surface area contributed by atoms with Crippen molar-refractivity contribution in [1.82, 2.24) is 20.0 Å². The zero-order valence-corrected chi connectivity index (χ0v) is 18.0. The van der Waals surface area contributed by atoms with Crippen molar-refractivity contribution in [1.29, 1.82) is 0 Å². The Hall–Kier alpha value is -3.12. The molecule has 0 unspecified atom stereocenters. The highest BCUT2D eigenvalue weighted by Crippen LogP contribution is 2.15. The van der Waals surface area contributed by atoms with Crippen molar-refractivity contribution in [2.45, 2.75) is 19.3 Å². The minimum absolute atomic E-state index is 0.112. The average molecular weight is 418 g/mol. The zero-order chi connectivity index (χ0) is 21.3. The number of hydrogen-bond acceptors (Lipinski definition) is 4. The van der Waals surface area contributed by atoms with Crippen LogP contribution in [0.25, 0.3) is 5.69 Å². The second-order valence-corrected chi connectivity index (χ2v) is 8.00. The predicted molar refractivity (Wildman–Crippen MR) is 125 cm³/mol. The molecule has 31 heavy (non-hydrogen) atoms. The molecule has 2 aromatic carbocycles. The number of carbonyl (C=O) groups is 1. The maximum absolute atomic E-state index is 12.2. The number of amides is 1. The van der Waals surface area contributed by atoms with Gasteiger partial charge in [0.25, 0.3) is 0 Å². The van der Waals surface area contributed by atoms with Gasteiger partial charge in [0, 0.05) is 51.0 Å².